The predicted octanol–water partition coefficient (Wildman–Crippen LogP) is 6.32. The van der Waals surface area contributed by atoms with Crippen molar-refractivity contribution in [3.63, 3.8) is 0 Å². The molecule has 1 aliphatic heterocycles. The molecule has 2 heterocycles. The van der Waals surface area contributed by atoms with Crippen LogP contribution in [0.4, 0.5) is 18.0 Å². The number of nitrogens with zero attached hydrogens (tertiary/aromatic N) is 2. The van der Waals surface area contributed by atoms with E-state index in [9.17, 15) is 40.8 Å². The number of fused-ring (bicyclic) bond motifs is 1. The Morgan fingerprint density at radius 2 is 1.77 bits per heavy atom. The van der Waals surface area contributed by atoms with Gasteiger partial charge in [-0.25, -0.2) is 18.2 Å². The molecule has 2 aromatic rings. The molecule has 4 amide bonds. The molecule has 0 radical (unpaired) electrons. The van der Waals surface area contributed by atoms with Crippen molar-refractivity contribution in [1.29, 1.82) is 0 Å². The van der Waals surface area contributed by atoms with Crippen molar-refractivity contribution < 1.29 is 55.0 Å². The van der Waals surface area contributed by atoms with Crippen LogP contribution in [0.5, 0.6) is 11.6 Å². The highest BCUT2D eigenvalue weighted by Gasteiger charge is 2.52. The molecule has 4 N–H and O–H groups in total. The number of benzene rings is 1. The molecule has 0 bridgehead atoms. The summed E-state index contributed by atoms with van der Waals surface area (Å²) in [6, 6.07) is 4.76. The first-order valence-corrected chi connectivity index (χ1v) is 22.3. The van der Waals surface area contributed by atoms with E-state index in [2.05, 4.69) is 15.0 Å². The van der Waals surface area contributed by atoms with Gasteiger partial charge >= 0.3 is 12.3 Å². The summed E-state index contributed by atoms with van der Waals surface area (Å²) in [6.45, 7) is 7.36. The maximum absolute atomic E-state index is 14.4. The number of halogens is 3. The van der Waals surface area contributed by atoms with E-state index in [4.69, 9.17) is 19.9 Å². The van der Waals surface area contributed by atoms with Crippen molar-refractivity contribution in [2.45, 2.75) is 134 Å². The third kappa shape index (κ3) is 11.6. The van der Waals surface area contributed by atoms with Crippen LogP contribution in [0.25, 0.3) is 10.8 Å². The van der Waals surface area contributed by atoms with E-state index in [1.165, 1.54) is 4.90 Å². The number of hydrogen-bond acceptors (Lipinski definition) is 10. The molecule has 1 saturated heterocycles. The number of alkyl halides is 3. The average molecular weight is 866 g/mol. The number of sulfonamides is 1. The summed E-state index contributed by atoms with van der Waals surface area (Å²) in [5.41, 5.74) is 2.93. The minimum atomic E-state index is -4.90. The Kier molecular flexibility index (Phi) is 15.0. The number of hydrogen-bond donors (Lipinski definition) is 3. The number of aromatic nitrogens is 1. The first kappa shape index (κ1) is 46.5. The smallest absolute Gasteiger partial charge is 0.427 e. The minimum Gasteiger partial charge on any atom is -0.491 e. The van der Waals surface area contributed by atoms with Crippen LogP contribution in [-0.2, 0) is 29.1 Å². The van der Waals surface area contributed by atoms with Gasteiger partial charge in [-0.1, -0.05) is 57.5 Å². The first-order chi connectivity index (χ1) is 28.2. The number of nitrogens with one attached hydrogen (secondary N) is 2. The van der Waals surface area contributed by atoms with Crippen molar-refractivity contribution in [1.82, 2.24) is 19.9 Å². The number of carbonyl (C=O) groups is 4. The maximum Gasteiger partial charge on any atom is 0.427 e. The molecule has 2 aliphatic carbocycles. The van der Waals surface area contributed by atoms with E-state index in [1.54, 1.807) is 13.1 Å². The Hall–Kier alpha value is -4.61. The fourth-order valence-corrected chi connectivity index (χ4v) is 9.31. The summed E-state index contributed by atoms with van der Waals surface area (Å²) in [7, 11) is -3.64. The zero-order valence-corrected chi connectivity index (χ0v) is 35.7. The van der Waals surface area contributed by atoms with Crippen LogP contribution in [-0.4, -0.2) is 90.5 Å². The van der Waals surface area contributed by atoms with Crippen molar-refractivity contribution in [3.05, 3.63) is 42.6 Å². The van der Waals surface area contributed by atoms with Gasteiger partial charge in [0.2, 0.25) is 39.2 Å². The largest absolute Gasteiger partial charge is 0.491 e. The van der Waals surface area contributed by atoms with Gasteiger partial charge in [-0.05, 0) is 89.0 Å². The predicted molar refractivity (Wildman–Crippen MR) is 217 cm³/mol. The number of rotatable bonds is 19. The minimum absolute atomic E-state index is 0.000395. The summed E-state index contributed by atoms with van der Waals surface area (Å²) in [6.07, 6.45) is 3.95. The molecule has 18 heteroatoms. The molecule has 1 aromatic carbocycles. The highest BCUT2D eigenvalue weighted by atomic mass is 32.2. The zero-order chi connectivity index (χ0) is 44.0. The lowest BCUT2D eigenvalue weighted by Gasteiger charge is -2.33. The number of alkyl carbamates (subject to hydrolysis) is 1. The molecule has 5 rings (SSSR count). The topological polar surface area (TPSA) is 196 Å². The maximum atomic E-state index is 14.4. The van der Waals surface area contributed by atoms with Crippen LogP contribution in [0.1, 0.15) is 98.8 Å². The Morgan fingerprint density at radius 3 is 2.42 bits per heavy atom. The van der Waals surface area contributed by atoms with E-state index in [-0.39, 0.29) is 30.7 Å². The number of amides is 4. The summed E-state index contributed by atoms with van der Waals surface area (Å²) in [4.78, 5) is 58.8. The lowest BCUT2D eigenvalue weighted by molar-refractivity contribution is -0.244. The lowest BCUT2D eigenvalue weighted by Crippen LogP contribution is -2.56. The summed E-state index contributed by atoms with van der Waals surface area (Å²) >= 11 is 0. The highest BCUT2D eigenvalue weighted by Crippen LogP contribution is 2.37. The molecular formula is C42H58F3N5O9S. The van der Waals surface area contributed by atoms with Gasteiger partial charge < -0.3 is 30.2 Å². The van der Waals surface area contributed by atoms with Crippen LogP contribution < -0.4 is 25.2 Å². The van der Waals surface area contributed by atoms with Crippen LogP contribution in [0.2, 0.25) is 0 Å². The molecule has 332 valence electrons. The van der Waals surface area contributed by atoms with E-state index < -0.39 is 80.9 Å². The van der Waals surface area contributed by atoms with Crippen molar-refractivity contribution in [3.8, 4) is 11.6 Å². The molecule has 7 atom stereocenters. The van der Waals surface area contributed by atoms with Crippen molar-refractivity contribution in [2.75, 3.05) is 13.2 Å². The van der Waals surface area contributed by atoms with Gasteiger partial charge in [0.25, 0.3) is 0 Å². The number of nitrogens with two attached hydrogens (primary N) is 1. The van der Waals surface area contributed by atoms with E-state index in [0.29, 0.717) is 70.1 Å². The normalized spacial score (nSPS) is 22.6. The number of ether oxygens (including phenoxy) is 3. The van der Waals surface area contributed by atoms with Crippen LogP contribution in [0.15, 0.2) is 42.6 Å². The second kappa shape index (κ2) is 19.4. The second-order valence-corrected chi connectivity index (χ2v) is 18.9. The fourth-order valence-electron chi connectivity index (χ4n) is 7.95. The quantitative estimate of drug-likeness (QED) is 0.135. The van der Waals surface area contributed by atoms with Crippen LogP contribution in [0, 0.1) is 23.7 Å². The van der Waals surface area contributed by atoms with E-state index in [0.717, 1.165) is 24.6 Å². The molecule has 0 spiro atoms. The average Bonchev–Trinajstić information content (AvgIpc) is 3.80. The Labute approximate surface area is 349 Å². The molecular weight excluding hydrogens is 808 g/mol. The Bertz CT molecular complexity index is 2010. The highest BCUT2D eigenvalue weighted by molar-refractivity contribution is 7.90. The van der Waals surface area contributed by atoms with Gasteiger partial charge in [-0.3, -0.25) is 19.1 Å². The molecule has 2 saturated carbocycles. The van der Waals surface area contributed by atoms with Crippen LogP contribution in [0.3, 0.4) is 0 Å². The molecule has 3 fully saturated rings. The van der Waals surface area contributed by atoms with Crippen molar-refractivity contribution >= 4 is 44.6 Å². The molecule has 60 heavy (non-hydrogen) atoms. The number of primary amides is 1. The number of carbonyl (C=O) groups excluding carboxylic acids is 4. The number of allylic oxidation sites excluding steroid dienone is 2. The third-order valence-corrected chi connectivity index (χ3v) is 13.4. The Morgan fingerprint density at radius 1 is 1.07 bits per heavy atom. The molecule has 1 aromatic heterocycles. The summed E-state index contributed by atoms with van der Waals surface area (Å²) in [5.74, 6) is -2.46. The number of likely N-dealkylation sites (tertiary alicyclic amines) is 1. The van der Waals surface area contributed by atoms with Gasteiger partial charge in [-0.2, -0.15) is 13.2 Å². The standard InChI is InChI=1S/C42H58F3N5O9S/c1-6-20-57-34-23-47-38(32-16-10-9-15-31(32)34)58-28-22-33(36(46)51)50(24-28)39(53)35(48-40(54)59-41(4,5)42(43,44)45)26(3)21-25(2)12-7-8-13-27-14-11-17-30(27)37(52)49-60(55,56)29-18-19-29/h8-10,13,15-16,23,25-30,33,35H,6-7,11-12,14,17-22,24H2,1-5H3,(H2,46,51)(H,48,54)(H,49,52)/b13-8-/t25-,26+,27+,28+,30?,33-,35-/m0/s1. The summed E-state index contributed by atoms with van der Waals surface area (Å²) in [5, 5.41) is 3.28. The van der Waals surface area contributed by atoms with Gasteiger partial charge in [0.05, 0.1) is 24.6 Å². The first-order valence-electron chi connectivity index (χ1n) is 20.8. The Balaban J connectivity index is 1.27. The second-order valence-electron chi connectivity index (χ2n) is 17.0. The van der Waals surface area contributed by atoms with Crippen molar-refractivity contribution in [2.24, 2.45) is 29.4 Å². The van der Waals surface area contributed by atoms with E-state index >= 15 is 0 Å². The van der Waals surface area contributed by atoms with Gasteiger partial charge in [-0.15, -0.1) is 0 Å². The van der Waals surface area contributed by atoms with Crippen LogP contribution >= 0.6 is 0 Å². The van der Waals surface area contributed by atoms with E-state index in [1.807, 2.05) is 50.3 Å². The van der Waals surface area contributed by atoms with Gasteiger partial charge in [0, 0.05) is 23.1 Å². The zero-order valence-electron chi connectivity index (χ0n) is 34.8. The lowest BCUT2D eigenvalue weighted by atomic mass is 9.87. The molecule has 1 unspecified atom stereocenters. The monoisotopic (exact) mass is 865 g/mol. The number of pyridine rings is 1. The molecule has 3 aliphatic rings. The SMILES string of the molecule is CCCOc1cnc(O[C@@H]2C[C@@H](C(N)=O)N(C(=O)[C@@H](NC(=O)OC(C)(C)C(F)(F)F)[C@H](C)C[C@@H](C)CC/C=C\[C@@H]3CCCC3C(=O)NS(=O)(=O)C3CC3)C2)c2ccccc12. The summed E-state index contributed by atoms with van der Waals surface area (Å²) < 4.78 is 85.0. The van der Waals surface area contributed by atoms with Gasteiger partial charge in [0.1, 0.15) is 23.9 Å². The van der Waals surface area contributed by atoms with Gasteiger partial charge in [0.15, 0.2) is 0 Å². The third-order valence-electron chi connectivity index (χ3n) is 11.6. The fraction of sp³-hybridized carbons (Fsp3) is 0.643. The molecule has 14 nitrogen and oxygen atoms in total.